The first-order chi connectivity index (χ1) is 8.67. The molecule has 10 heteroatoms. The number of carbonyl (C=O) groups is 1. The van der Waals surface area contributed by atoms with Crippen molar-refractivity contribution in [3.05, 3.63) is 23.0 Å². The van der Waals surface area contributed by atoms with Crippen LogP contribution in [0.2, 0.25) is 0 Å². The van der Waals surface area contributed by atoms with Crippen LogP contribution in [0, 0.1) is 0 Å². The molecule has 19 heavy (non-hydrogen) atoms. The average Bonchev–Trinajstić information content (AvgIpc) is 2.25. The number of halogens is 7. The molecule has 1 aromatic rings. The van der Waals surface area contributed by atoms with E-state index in [0.29, 0.717) is 6.20 Å². The Labute approximate surface area is 113 Å². The quantitative estimate of drug-likeness (QED) is 0.477. The van der Waals surface area contributed by atoms with Gasteiger partial charge >= 0.3 is 6.36 Å². The molecule has 106 valence electrons. The molecule has 0 amide bonds. The van der Waals surface area contributed by atoms with Crippen molar-refractivity contribution in [3.8, 4) is 5.75 Å². The normalized spacial score (nSPS) is 11.8. The lowest BCUT2D eigenvalue weighted by Crippen LogP contribution is -2.20. The van der Waals surface area contributed by atoms with Gasteiger partial charge in [-0.1, -0.05) is 0 Å². The largest absolute Gasteiger partial charge is 0.573 e. The Balaban J connectivity index is 3.46. The zero-order valence-corrected chi connectivity index (χ0v) is 10.3. The molecule has 0 N–H and O–H groups in total. The van der Waals surface area contributed by atoms with E-state index in [9.17, 15) is 26.7 Å². The lowest BCUT2D eigenvalue weighted by atomic mass is 10.1. The summed E-state index contributed by atoms with van der Waals surface area (Å²) in [6, 6.07) is 0. The summed E-state index contributed by atoms with van der Waals surface area (Å²) in [4.78, 5) is 14.2. The Morgan fingerprint density at radius 3 is 2.37 bits per heavy atom. The number of rotatable bonds is 4. The summed E-state index contributed by atoms with van der Waals surface area (Å²) in [7, 11) is 0. The van der Waals surface area contributed by atoms with Crippen LogP contribution < -0.4 is 4.74 Å². The van der Waals surface area contributed by atoms with Crippen LogP contribution in [0.1, 0.15) is 28.0 Å². The van der Waals surface area contributed by atoms with Gasteiger partial charge in [0.25, 0.3) is 11.7 Å². The summed E-state index contributed by atoms with van der Waals surface area (Å²) in [6.45, 7) is 0. The minimum absolute atomic E-state index is 0.348. The summed E-state index contributed by atoms with van der Waals surface area (Å²) in [5, 5.41) is -1.40. The van der Waals surface area contributed by atoms with Crippen molar-refractivity contribution in [2.45, 2.75) is 18.7 Å². The highest BCUT2D eigenvalue weighted by Crippen LogP contribution is 2.34. The van der Waals surface area contributed by atoms with Crippen molar-refractivity contribution in [2.75, 3.05) is 0 Å². The van der Waals surface area contributed by atoms with E-state index in [1.807, 2.05) is 0 Å². The van der Waals surface area contributed by atoms with Gasteiger partial charge in [0.2, 0.25) is 0 Å². The van der Waals surface area contributed by atoms with Crippen molar-refractivity contribution in [1.29, 1.82) is 0 Å². The first-order valence-corrected chi connectivity index (χ1v) is 5.40. The second-order valence-corrected chi connectivity index (χ2v) is 3.73. The van der Waals surface area contributed by atoms with E-state index in [4.69, 9.17) is 23.2 Å². The lowest BCUT2D eigenvalue weighted by molar-refractivity contribution is -0.274. The predicted octanol–water partition coefficient (Wildman–Crippen LogP) is 4.04. The monoisotopic (exact) mass is 323 g/mol. The maximum atomic E-state index is 12.6. The highest BCUT2D eigenvalue weighted by Gasteiger charge is 2.35. The topological polar surface area (TPSA) is 39.2 Å². The van der Waals surface area contributed by atoms with Crippen molar-refractivity contribution >= 4 is 28.4 Å². The molecule has 0 atom stereocenters. The first-order valence-electron chi connectivity index (χ1n) is 4.48. The third-order valence-electron chi connectivity index (χ3n) is 1.94. The molecule has 0 radical (unpaired) electrons. The summed E-state index contributed by atoms with van der Waals surface area (Å²) in [5.41, 5.74) is -2.40. The fourth-order valence-electron chi connectivity index (χ4n) is 1.29. The Bertz CT molecular complexity index is 492. The molecule has 0 aliphatic heterocycles. The third-order valence-corrected chi connectivity index (χ3v) is 2.40. The molecule has 0 fully saturated rings. The number of alkyl halides is 6. The van der Waals surface area contributed by atoms with Crippen LogP contribution in [0.25, 0.3) is 0 Å². The first kappa shape index (κ1) is 15.9. The maximum Gasteiger partial charge on any atom is 0.573 e. The highest BCUT2D eigenvalue weighted by atomic mass is 35.5. The van der Waals surface area contributed by atoms with E-state index in [1.54, 1.807) is 0 Å². The number of carbonyl (C=O) groups excluding carboxylic acids is 1. The number of ether oxygens (including phenoxy) is 1. The smallest absolute Gasteiger partial charge is 0.403 e. The van der Waals surface area contributed by atoms with Crippen LogP contribution in [0.15, 0.2) is 6.20 Å². The fourth-order valence-corrected chi connectivity index (χ4v) is 1.77. The molecule has 0 spiro atoms. The van der Waals surface area contributed by atoms with E-state index in [-0.39, 0.29) is 0 Å². The minimum Gasteiger partial charge on any atom is -0.403 e. The molecule has 0 aliphatic rings. The summed E-state index contributed by atoms with van der Waals surface area (Å²) < 4.78 is 65.0. The molecular formula is C9H4Cl2F5NO2. The van der Waals surface area contributed by atoms with Crippen LogP contribution in [-0.4, -0.2) is 16.6 Å². The standard InChI is InChI=1S/C9H4Cl2F5NO2/c10-1-3-5(7(11)18)4(19-9(14,15)16)2-17-6(3)8(12)13/h2,8H,1H2. The SMILES string of the molecule is O=C(Cl)c1c(OC(F)(F)F)cnc(C(F)F)c1CCl. The van der Waals surface area contributed by atoms with Crippen molar-refractivity contribution < 1.29 is 31.5 Å². The second kappa shape index (κ2) is 5.87. The van der Waals surface area contributed by atoms with Crippen LogP contribution >= 0.6 is 23.2 Å². The van der Waals surface area contributed by atoms with Gasteiger partial charge in [0.15, 0.2) is 5.75 Å². The van der Waals surface area contributed by atoms with Gasteiger partial charge in [0.1, 0.15) is 5.69 Å². The molecule has 0 saturated carbocycles. The van der Waals surface area contributed by atoms with Gasteiger partial charge in [0, 0.05) is 5.56 Å². The van der Waals surface area contributed by atoms with Crippen LogP contribution in [0.5, 0.6) is 5.75 Å². The number of aromatic nitrogens is 1. The number of hydrogen-bond donors (Lipinski definition) is 0. The molecule has 1 heterocycles. The third kappa shape index (κ3) is 3.90. The van der Waals surface area contributed by atoms with Gasteiger partial charge in [-0.2, -0.15) is 0 Å². The van der Waals surface area contributed by atoms with E-state index >= 15 is 0 Å². The van der Waals surface area contributed by atoms with Gasteiger partial charge in [0.05, 0.1) is 17.6 Å². The second-order valence-electron chi connectivity index (χ2n) is 3.12. The van der Waals surface area contributed by atoms with Crippen molar-refractivity contribution in [1.82, 2.24) is 4.98 Å². The zero-order valence-electron chi connectivity index (χ0n) is 8.77. The van der Waals surface area contributed by atoms with Crippen molar-refractivity contribution in [2.24, 2.45) is 0 Å². The van der Waals surface area contributed by atoms with Crippen LogP contribution in [0.3, 0.4) is 0 Å². The molecule has 0 aromatic carbocycles. The Hall–Kier alpha value is -1.15. The highest BCUT2D eigenvalue weighted by molar-refractivity contribution is 6.68. The Kier molecular flexibility index (Phi) is 4.92. The molecule has 1 rings (SSSR count). The van der Waals surface area contributed by atoms with Gasteiger partial charge in [-0.25, -0.2) is 8.78 Å². The Morgan fingerprint density at radius 1 is 1.42 bits per heavy atom. The van der Waals surface area contributed by atoms with Crippen LogP contribution in [0.4, 0.5) is 22.0 Å². The maximum absolute atomic E-state index is 12.6. The molecule has 0 saturated heterocycles. The average molecular weight is 324 g/mol. The predicted molar refractivity (Wildman–Crippen MR) is 55.6 cm³/mol. The summed E-state index contributed by atoms with van der Waals surface area (Å²) in [5.74, 6) is -1.75. The molecule has 0 aliphatic carbocycles. The number of hydrogen-bond acceptors (Lipinski definition) is 3. The zero-order chi connectivity index (χ0) is 14.8. The van der Waals surface area contributed by atoms with E-state index in [0.717, 1.165) is 0 Å². The van der Waals surface area contributed by atoms with E-state index in [2.05, 4.69) is 9.72 Å². The Morgan fingerprint density at radius 2 is 2.00 bits per heavy atom. The number of nitrogens with zero attached hydrogens (tertiary/aromatic N) is 1. The molecule has 1 aromatic heterocycles. The van der Waals surface area contributed by atoms with Gasteiger partial charge in [-0.15, -0.1) is 24.8 Å². The lowest BCUT2D eigenvalue weighted by Gasteiger charge is -2.15. The van der Waals surface area contributed by atoms with E-state index < -0.39 is 46.5 Å². The molecule has 0 bridgehead atoms. The van der Waals surface area contributed by atoms with Gasteiger partial charge in [-0.3, -0.25) is 9.78 Å². The van der Waals surface area contributed by atoms with Crippen molar-refractivity contribution in [3.63, 3.8) is 0 Å². The minimum atomic E-state index is -5.13. The molecule has 0 unspecified atom stereocenters. The molecular weight excluding hydrogens is 320 g/mol. The summed E-state index contributed by atoms with van der Waals surface area (Å²) in [6.07, 6.45) is -7.90. The fraction of sp³-hybridized carbons (Fsp3) is 0.333. The molecule has 3 nitrogen and oxygen atoms in total. The number of pyridine rings is 1. The van der Waals surface area contributed by atoms with Crippen LogP contribution in [-0.2, 0) is 5.88 Å². The summed E-state index contributed by atoms with van der Waals surface area (Å²) >= 11 is 10.4. The van der Waals surface area contributed by atoms with Gasteiger partial charge < -0.3 is 4.74 Å². The van der Waals surface area contributed by atoms with E-state index in [1.165, 1.54) is 0 Å². The van der Waals surface area contributed by atoms with Gasteiger partial charge in [-0.05, 0) is 11.6 Å².